The Balaban J connectivity index is 2.69. The summed E-state index contributed by atoms with van der Waals surface area (Å²) in [7, 11) is 0. The molecule has 0 aliphatic carbocycles. The van der Waals surface area contributed by atoms with Gasteiger partial charge in [-0.05, 0) is 25.1 Å². The Morgan fingerprint density at radius 2 is 2.23 bits per heavy atom. The molecule has 13 heavy (non-hydrogen) atoms. The van der Waals surface area contributed by atoms with Crippen LogP contribution in [0.25, 0.3) is 0 Å². The molecule has 0 fully saturated rings. The van der Waals surface area contributed by atoms with Crippen molar-refractivity contribution in [3.05, 3.63) is 28.7 Å². The highest BCUT2D eigenvalue weighted by molar-refractivity contribution is 9.10. The molecular formula is C9H9Br2NO. The Labute approximate surface area is 94.0 Å². The van der Waals surface area contributed by atoms with Crippen LogP contribution in [0.5, 0.6) is 0 Å². The van der Waals surface area contributed by atoms with E-state index in [2.05, 4.69) is 37.2 Å². The average molecular weight is 307 g/mol. The van der Waals surface area contributed by atoms with Gasteiger partial charge in [0.1, 0.15) is 0 Å². The molecule has 1 aromatic rings. The molecule has 0 radical (unpaired) electrons. The van der Waals surface area contributed by atoms with Gasteiger partial charge in [0, 0.05) is 10.2 Å². The summed E-state index contributed by atoms with van der Waals surface area (Å²) in [6.07, 6.45) is 0. The predicted octanol–water partition coefficient (Wildman–Crippen LogP) is 3.17. The van der Waals surface area contributed by atoms with Crippen LogP contribution in [0.1, 0.15) is 6.92 Å². The van der Waals surface area contributed by atoms with Gasteiger partial charge in [0.15, 0.2) is 0 Å². The fourth-order valence-electron chi connectivity index (χ4n) is 0.808. The molecule has 0 bridgehead atoms. The first kappa shape index (κ1) is 10.7. The Bertz CT molecular complexity index is 312. The largest absolute Gasteiger partial charge is 0.325 e. The van der Waals surface area contributed by atoms with Crippen molar-refractivity contribution in [1.29, 1.82) is 0 Å². The van der Waals surface area contributed by atoms with E-state index in [-0.39, 0.29) is 10.7 Å². The van der Waals surface area contributed by atoms with Crippen LogP contribution >= 0.6 is 31.9 Å². The number of benzene rings is 1. The minimum Gasteiger partial charge on any atom is -0.325 e. The third kappa shape index (κ3) is 3.48. The van der Waals surface area contributed by atoms with Crippen LogP contribution in [0.3, 0.4) is 0 Å². The van der Waals surface area contributed by atoms with Crippen LogP contribution in [0.4, 0.5) is 5.69 Å². The van der Waals surface area contributed by atoms with E-state index in [4.69, 9.17) is 0 Å². The van der Waals surface area contributed by atoms with Crippen LogP contribution in [-0.2, 0) is 4.79 Å². The van der Waals surface area contributed by atoms with Gasteiger partial charge in [-0.3, -0.25) is 4.79 Å². The standard InChI is InChI=1S/C9H9Br2NO/c1-6(10)9(13)12-8-4-2-3-7(11)5-8/h2-6H,1H3,(H,12,13). The highest BCUT2D eigenvalue weighted by Gasteiger charge is 2.07. The number of hydrogen-bond donors (Lipinski definition) is 1. The van der Waals surface area contributed by atoms with E-state index in [0.717, 1.165) is 10.2 Å². The third-order valence-electron chi connectivity index (χ3n) is 1.45. The van der Waals surface area contributed by atoms with E-state index in [0.29, 0.717) is 0 Å². The van der Waals surface area contributed by atoms with E-state index in [1.165, 1.54) is 0 Å². The van der Waals surface area contributed by atoms with Gasteiger partial charge in [0.2, 0.25) is 5.91 Å². The molecule has 0 aliphatic rings. The molecule has 1 unspecified atom stereocenters. The number of carbonyl (C=O) groups is 1. The second kappa shape index (κ2) is 4.77. The van der Waals surface area contributed by atoms with E-state index in [1.54, 1.807) is 6.92 Å². The van der Waals surface area contributed by atoms with Crippen molar-refractivity contribution in [1.82, 2.24) is 0 Å². The van der Waals surface area contributed by atoms with E-state index in [1.807, 2.05) is 24.3 Å². The van der Waals surface area contributed by atoms with Crippen molar-refractivity contribution in [2.24, 2.45) is 0 Å². The van der Waals surface area contributed by atoms with Gasteiger partial charge in [-0.2, -0.15) is 0 Å². The predicted molar refractivity (Wildman–Crippen MR) is 61.2 cm³/mol. The summed E-state index contributed by atoms with van der Waals surface area (Å²) in [6.45, 7) is 1.79. The highest BCUT2D eigenvalue weighted by atomic mass is 79.9. The van der Waals surface area contributed by atoms with Crippen molar-refractivity contribution >= 4 is 43.5 Å². The molecule has 0 heterocycles. The molecule has 1 N–H and O–H groups in total. The number of rotatable bonds is 2. The fourth-order valence-corrected chi connectivity index (χ4v) is 1.32. The maximum atomic E-state index is 11.3. The highest BCUT2D eigenvalue weighted by Crippen LogP contribution is 2.16. The number of hydrogen-bond acceptors (Lipinski definition) is 1. The molecule has 1 aromatic carbocycles. The normalized spacial score (nSPS) is 12.2. The first-order valence-corrected chi connectivity index (χ1v) is 5.51. The Hall–Kier alpha value is -0.350. The van der Waals surface area contributed by atoms with Crippen molar-refractivity contribution < 1.29 is 4.79 Å². The topological polar surface area (TPSA) is 29.1 Å². The van der Waals surface area contributed by atoms with E-state index < -0.39 is 0 Å². The molecule has 70 valence electrons. The third-order valence-corrected chi connectivity index (χ3v) is 2.36. The Morgan fingerprint density at radius 3 is 2.77 bits per heavy atom. The molecule has 1 rings (SSSR count). The van der Waals surface area contributed by atoms with E-state index in [9.17, 15) is 4.79 Å². The number of halogens is 2. The second-order valence-electron chi connectivity index (χ2n) is 2.62. The van der Waals surface area contributed by atoms with Gasteiger partial charge in [0.05, 0.1) is 4.83 Å². The lowest BCUT2D eigenvalue weighted by Crippen LogP contribution is -2.19. The number of carbonyl (C=O) groups excluding carboxylic acids is 1. The monoisotopic (exact) mass is 305 g/mol. The minimum absolute atomic E-state index is 0.0434. The van der Waals surface area contributed by atoms with Gasteiger partial charge in [0.25, 0.3) is 0 Å². The molecule has 1 amide bonds. The summed E-state index contributed by atoms with van der Waals surface area (Å²) in [5.41, 5.74) is 0.797. The van der Waals surface area contributed by atoms with Crippen LogP contribution < -0.4 is 5.32 Å². The van der Waals surface area contributed by atoms with Crippen molar-refractivity contribution in [3.63, 3.8) is 0 Å². The van der Waals surface area contributed by atoms with Gasteiger partial charge >= 0.3 is 0 Å². The van der Waals surface area contributed by atoms with Gasteiger partial charge in [-0.25, -0.2) is 0 Å². The zero-order valence-corrected chi connectivity index (χ0v) is 10.2. The lowest BCUT2D eigenvalue weighted by molar-refractivity contribution is -0.115. The minimum atomic E-state index is -0.175. The second-order valence-corrected chi connectivity index (χ2v) is 4.90. The SMILES string of the molecule is CC(Br)C(=O)Nc1cccc(Br)c1. The fraction of sp³-hybridized carbons (Fsp3) is 0.222. The summed E-state index contributed by atoms with van der Waals surface area (Å²) in [6, 6.07) is 7.48. The van der Waals surface area contributed by atoms with Crippen LogP contribution in [0.2, 0.25) is 0 Å². The molecular weight excluding hydrogens is 298 g/mol. The molecule has 1 atom stereocenters. The summed E-state index contributed by atoms with van der Waals surface area (Å²) in [4.78, 5) is 11.1. The number of alkyl halides is 1. The van der Waals surface area contributed by atoms with Gasteiger partial charge < -0.3 is 5.32 Å². The number of amides is 1. The molecule has 4 heteroatoms. The average Bonchev–Trinajstić information content (AvgIpc) is 2.04. The zero-order chi connectivity index (χ0) is 9.84. The molecule has 0 saturated heterocycles. The number of anilines is 1. The molecule has 0 saturated carbocycles. The quantitative estimate of drug-likeness (QED) is 0.836. The zero-order valence-electron chi connectivity index (χ0n) is 7.05. The lowest BCUT2D eigenvalue weighted by atomic mass is 10.3. The summed E-state index contributed by atoms with van der Waals surface area (Å²) in [5, 5.41) is 2.77. The molecule has 0 aromatic heterocycles. The summed E-state index contributed by atoms with van der Waals surface area (Å²) >= 11 is 6.52. The first-order chi connectivity index (χ1) is 6.09. The Morgan fingerprint density at radius 1 is 1.54 bits per heavy atom. The molecule has 0 aliphatic heterocycles. The van der Waals surface area contributed by atoms with Gasteiger partial charge in [-0.15, -0.1) is 0 Å². The van der Waals surface area contributed by atoms with Crippen molar-refractivity contribution in [2.75, 3.05) is 5.32 Å². The Kier molecular flexibility index (Phi) is 3.93. The lowest BCUT2D eigenvalue weighted by Gasteiger charge is -2.06. The van der Waals surface area contributed by atoms with Gasteiger partial charge in [-0.1, -0.05) is 37.9 Å². The van der Waals surface area contributed by atoms with Crippen LogP contribution in [0, 0.1) is 0 Å². The van der Waals surface area contributed by atoms with Crippen molar-refractivity contribution in [2.45, 2.75) is 11.8 Å². The maximum absolute atomic E-state index is 11.3. The molecule has 0 spiro atoms. The molecule has 2 nitrogen and oxygen atoms in total. The van der Waals surface area contributed by atoms with Crippen LogP contribution in [-0.4, -0.2) is 10.7 Å². The van der Waals surface area contributed by atoms with Crippen molar-refractivity contribution in [3.8, 4) is 0 Å². The smallest absolute Gasteiger partial charge is 0.237 e. The first-order valence-electron chi connectivity index (χ1n) is 3.80. The summed E-state index contributed by atoms with van der Waals surface area (Å²) in [5.74, 6) is -0.0434. The summed E-state index contributed by atoms with van der Waals surface area (Å²) < 4.78 is 0.951. The number of nitrogens with one attached hydrogen (secondary N) is 1. The van der Waals surface area contributed by atoms with Crippen LogP contribution in [0.15, 0.2) is 28.7 Å². The van der Waals surface area contributed by atoms with E-state index >= 15 is 0 Å². The maximum Gasteiger partial charge on any atom is 0.237 e.